The van der Waals surface area contributed by atoms with Crippen molar-refractivity contribution in [3.05, 3.63) is 66.0 Å². The fourth-order valence-electron chi connectivity index (χ4n) is 3.70. The molecule has 0 aliphatic carbocycles. The molecule has 1 aliphatic rings. The second-order valence-electron chi connectivity index (χ2n) is 7.74. The molecule has 1 saturated heterocycles. The number of nitrogens with one attached hydrogen (secondary N) is 1. The van der Waals surface area contributed by atoms with Crippen LogP contribution in [-0.2, 0) is 9.53 Å². The lowest BCUT2D eigenvalue weighted by Gasteiger charge is -2.28. The van der Waals surface area contributed by atoms with Gasteiger partial charge < -0.3 is 15.0 Å². The molecule has 8 heteroatoms. The number of carbonyl (C=O) groups is 1. The maximum absolute atomic E-state index is 13.0. The smallest absolute Gasteiger partial charge is 0.237 e. The van der Waals surface area contributed by atoms with E-state index in [0.717, 1.165) is 58.5 Å². The number of carbonyl (C=O) groups excluding carboxylic acids is 1. The molecule has 3 heterocycles. The molecule has 1 N–H and O–H groups in total. The maximum Gasteiger partial charge on any atom is 0.237 e. The van der Waals surface area contributed by atoms with Gasteiger partial charge in [0, 0.05) is 29.9 Å². The number of morpholine rings is 1. The maximum atomic E-state index is 13.0. The number of hydrogen-bond donors (Lipinski definition) is 1. The molecule has 0 bridgehead atoms. The van der Waals surface area contributed by atoms with Crippen LogP contribution in [0, 0.1) is 0 Å². The van der Waals surface area contributed by atoms with Crippen LogP contribution in [0.1, 0.15) is 6.92 Å². The highest BCUT2D eigenvalue weighted by molar-refractivity contribution is 8.00. The molecule has 2 aromatic carbocycles. The van der Waals surface area contributed by atoms with Crippen molar-refractivity contribution in [1.82, 2.24) is 9.97 Å². The molecule has 1 amide bonds. The van der Waals surface area contributed by atoms with Gasteiger partial charge in [0.25, 0.3) is 0 Å². The summed E-state index contributed by atoms with van der Waals surface area (Å²) in [5.41, 5.74) is 2.81. The average Bonchev–Trinajstić information content (AvgIpc) is 3.40. The number of hydrogen-bond acceptors (Lipinski definition) is 7. The monoisotopic (exact) mass is 476 g/mol. The van der Waals surface area contributed by atoms with Crippen LogP contribution in [0.25, 0.3) is 21.6 Å². The summed E-state index contributed by atoms with van der Waals surface area (Å²) < 4.78 is 5.42. The number of amides is 1. The van der Waals surface area contributed by atoms with Crippen molar-refractivity contribution >= 4 is 51.3 Å². The quantitative estimate of drug-likeness (QED) is 0.300. The number of ether oxygens (including phenoxy) is 1. The Morgan fingerprint density at radius 2 is 1.85 bits per heavy atom. The number of benzene rings is 2. The van der Waals surface area contributed by atoms with Crippen LogP contribution in [0.15, 0.2) is 71.1 Å². The first-order valence-corrected chi connectivity index (χ1v) is 12.6. The Labute approximate surface area is 201 Å². The van der Waals surface area contributed by atoms with Crippen molar-refractivity contribution in [2.45, 2.75) is 17.2 Å². The molecule has 33 heavy (non-hydrogen) atoms. The fraction of sp³-hybridized carbons (Fsp3) is 0.240. The van der Waals surface area contributed by atoms with Gasteiger partial charge in [-0.25, -0.2) is 9.97 Å². The molecule has 5 rings (SSSR count). The lowest BCUT2D eigenvalue weighted by molar-refractivity contribution is -0.115. The number of fused-ring (bicyclic) bond motifs is 1. The lowest BCUT2D eigenvalue weighted by atomic mass is 10.2. The van der Waals surface area contributed by atoms with E-state index in [9.17, 15) is 4.79 Å². The van der Waals surface area contributed by atoms with E-state index in [-0.39, 0.29) is 11.2 Å². The summed E-state index contributed by atoms with van der Waals surface area (Å²) in [5.74, 6) is 0.636. The summed E-state index contributed by atoms with van der Waals surface area (Å²) in [4.78, 5) is 25.8. The molecule has 1 fully saturated rings. The number of thioether (sulfide) groups is 1. The Balaban J connectivity index is 1.31. The van der Waals surface area contributed by atoms with Crippen LogP contribution in [0.2, 0.25) is 0 Å². The van der Waals surface area contributed by atoms with E-state index in [2.05, 4.69) is 10.2 Å². The number of rotatable bonds is 6. The zero-order valence-corrected chi connectivity index (χ0v) is 19.9. The van der Waals surface area contributed by atoms with E-state index in [0.29, 0.717) is 5.82 Å². The van der Waals surface area contributed by atoms with E-state index >= 15 is 0 Å². The van der Waals surface area contributed by atoms with Gasteiger partial charge in [-0.15, -0.1) is 11.3 Å². The molecular formula is C25H24N4O2S2. The summed E-state index contributed by atoms with van der Waals surface area (Å²) in [5, 5.41) is 6.50. The van der Waals surface area contributed by atoms with Gasteiger partial charge in [0.2, 0.25) is 5.91 Å². The van der Waals surface area contributed by atoms with Gasteiger partial charge in [-0.1, -0.05) is 36.0 Å². The predicted molar refractivity (Wildman–Crippen MR) is 136 cm³/mol. The summed E-state index contributed by atoms with van der Waals surface area (Å²) >= 11 is 3.06. The third-order valence-corrected chi connectivity index (χ3v) is 7.45. The van der Waals surface area contributed by atoms with Gasteiger partial charge in [-0.3, -0.25) is 4.79 Å². The van der Waals surface area contributed by atoms with Crippen LogP contribution in [0.3, 0.4) is 0 Å². The minimum atomic E-state index is -0.321. The Kier molecular flexibility index (Phi) is 6.57. The molecule has 1 unspecified atom stereocenters. The Morgan fingerprint density at radius 3 is 2.61 bits per heavy atom. The molecule has 2 aromatic heterocycles. The molecule has 1 aliphatic heterocycles. The zero-order valence-electron chi connectivity index (χ0n) is 18.2. The molecule has 0 spiro atoms. The van der Waals surface area contributed by atoms with Crippen molar-refractivity contribution in [1.29, 1.82) is 0 Å². The molecule has 0 radical (unpaired) electrons. The Hall–Kier alpha value is -2.94. The minimum absolute atomic E-state index is 0.0560. The summed E-state index contributed by atoms with van der Waals surface area (Å²) in [6, 6.07) is 19.9. The summed E-state index contributed by atoms with van der Waals surface area (Å²) in [7, 11) is 0. The van der Waals surface area contributed by atoms with E-state index in [1.165, 1.54) is 11.8 Å². The van der Waals surface area contributed by atoms with Gasteiger partial charge in [0.05, 0.1) is 28.9 Å². The first-order valence-electron chi connectivity index (χ1n) is 10.9. The first kappa shape index (κ1) is 21.9. The predicted octanol–water partition coefficient (Wildman–Crippen LogP) is 5.31. The topological polar surface area (TPSA) is 67.4 Å². The van der Waals surface area contributed by atoms with Crippen LogP contribution >= 0.6 is 23.1 Å². The third-order valence-electron chi connectivity index (χ3n) is 5.48. The molecule has 4 aromatic rings. The molecular weight excluding hydrogens is 452 g/mol. The second kappa shape index (κ2) is 9.91. The third kappa shape index (κ3) is 5.03. The highest BCUT2D eigenvalue weighted by Gasteiger charge is 2.19. The van der Waals surface area contributed by atoms with Crippen molar-refractivity contribution in [2.75, 3.05) is 36.5 Å². The minimum Gasteiger partial charge on any atom is -0.378 e. The molecule has 6 nitrogen and oxygen atoms in total. The van der Waals surface area contributed by atoms with E-state index in [1.807, 2.05) is 73.0 Å². The van der Waals surface area contributed by atoms with Gasteiger partial charge >= 0.3 is 0 Å². The number of aromatic nitrogens is 2. The lowest BCUT2D eigenvalue weighted by Crippen LogP contribution is -2.36. The zero-order chi connectivity index (χ0) is 22.6. The first-order chi connectivity index (χ1) is 16.2. The van der Waals surface area contributed by atoms with Gasteiger partial charge in [0.1, 0.15) is 5.03 Å². The number of anilines is 2. The molecule has 1 atom stereocenters. The summed E-state index contributed by atoms with van der Waals surface area (Å²) in [6.45, 7) is 5.18. The van der Waals surface area contributed by atoms with Crippen LogP contribution < -0.4 is 10.2 Å². The highest BCUT2D eigenvalue weighted by Crippen LogP contribution is 2.32. The largest absolute Gasteiger partial charge is 0.378 e. The molecule has 0 saturated carbocycles. The van der Waals surface area contributed by atoms with Gasteiger partial charge in [-0.05, 0) is 48.7 Å². The second-order valence-corrected chi connectivity index (χ2v) is 10.0. The van der Waals surface area contributed by atoms with Crippen molar-refractivity contribution < 1.29 is 9.53 Å². The van der Waals surface area contributed by atoms with Gasteiger partial charge in [-0.2, -0.15) is 0 Å². The van der Waals surface area contributed by atoms with Crippen molar-refractivity contribution in [3.63, 3.8) is 0 Å². The van der Waals surface area contributed by atoms with Crippen LogP contribution in [-0.4, -0.2) is 47.4 Å². The van der Waals surface area contributed by atoms with Crippen LogP contribution in [0.4, 0.5) is 11.4 Å². The highest BCUT2D eigenvalue weighted by atomic mass is 32.2. The van der Waals surface area contributed by atoms with Crippen molar-refractivity contribution in [2.24, 2.45) is 0 Å². The van der Waals surface area contributed by atoms with E-state index in [4.69, 9.17) is 14.7 Å². The van der Waals surface area contributed by atoms with Crippen LogP contribution in [0.5, 0.6) is 0 Å². The normalized spacial score (nSPS) is 14.9. The average molecular weight is 477 g/mol. The Morgan fingerprint density at radius 1 is 1.06 bits per heavy atom. The SMILES string of the molecule is CC(Sc1nc(-c2cccs2)nc2ccccc12)C(=O)Nc1ccc(N2CCOCC2)cc1. The standard InChI is InChI=1S/C25H24N4O2S2/c1-17(24(30)26-18-8-10-19(11-9-18)29-12-14-31-15-13-29)33-25-20-5-2-3-6-21(20)27-23(28-25)22-7-4-16-32-22/h2-11,16-17H,12-15H2,1H3,(H,26,30). The van der Waals surface area contributed by atoms with E-state index < -0.39 is 0 Å². The number of nitrogens with zero attached hydrogens (tertiary/aromatic N) is 3. The Bertz CT molecular complexity index is 1240. The van der Waals surface area contributed by atoms with Crippen molar-refractivity contribution in [3.8, 4) is 10.7 Å². The fourth-order valence-corrected chi connectivity index (χ4v) is 5.29. The van der Waals surface area contributed by atoms with E-state index in [1.54, 1.807) is 11.3 Å². The van der Waals surface area contributed by atoms with Gasteiger partial charge in [0.15, 0.2) is 5.82 Å². The summed E-state index contributed by atoms with van der Waals surface area (Å²) in [6.07, 6.45) is 0. The number of para-hydroxylation sites is 1. The molecule has 168 valence electrons. The number of thiophene rings is 1.